The van der Waals surface area contributed by atoms with Gasteiger partial charge in [-0.1, -0.05) is 39.0 Å². The van der Waals surface area contributed by atoms with Crippen LogP contribution in [-0.2, 0) is 4.74 Å². The van der Waals surface area contributed by atoms with Crippen LogP contribution in [0.1, 0.15) is 52.4 Å². The van der Waals surface area contributed by atoms with Gasteiger partial charge in [0.25, 0.3) is 0 Å². The maximum absolute atomic E-state index is 8.89. The van der Waals surface area contributed by atoms with E-state index in [0.29, 0.717) is 6.61 Å². The molecule has 0 radical (unpaired) electrons. The Hall–Kier alpha value is -0.590. The predicted molar refractivity (Wildman–Crippen MR) is 67.3 cm³/mol. The fourth-order valence-electron chi connectivity index (χ4n) is 1.42. The zero-order chi connectivity index (χ0) is 12.3. The van der Waals surface area contributed by atoms with Crippen LogP contribution in [0.25, 0.3) is 0 Å². The molecule has 0 aliphatic carbocycles. The summed E-state index contributed by atoms with van der Waals surface area (Å²) < 4.78 is 5.50. The molecule has 0 aliphatic rings. The number of hydrogen-bond acceptors (Lipinski definition) is 3. The zero-order valence-corrected chi connectivity index (χ0v) is 11.0. The highest BCUT2D eigenvalue weighted by molar-refractivity contribution is 5.02. The highest BCUT2D eigenvalue weighted by Gasteiger charge is 2.20. The van der Waals surface area contributed by atoms with Crippen molar-refractivity contribution < 1.29 is 4.74 Å². The molecule has 0 aliphatic heterocycles. The maximum atomic E-state index is 8.89. The first-order valence-corrected chi connectivity index (χ1v) is 6.36. The van der Waals surface area contributed by atoms with E-state index < -0.39 is 5.54 Å². The molecule has 0 rings (SSSR count). The Morgan fingerprint density at radius 3 is 2.38 bits per heavy atom. The number of rotatable bonds is 10. The molecule has 0 bridgehead atoms. The number of ether oxygens (including phenoxy) is 1. The second-order valence-electron chi connectivity index (χ2n) is 4.51. The number of nitrogens with one attached hydrogen (secondary N) is 1. The van der Waals surface area contributed by atoms with Gasteiger partial charge in [-0.05, 0) is 20.4 Å². The molecule has 1 N–H and O–H groups in total. The molecule has 3 heteroatoms. The van der Waals surface area contributed by atoms with Crippen LogP contribution in [0.15, 0.2) is 0 Å². The highest BCUT2D eigenvalue weighted by Crippen LogP contribution is 2.06. The fourth-order valence-corrected chi connectivity index (χ4v) is 1.42. The van der Waals surface area contributed by atoms with E-state index in [2.05, 4.69) is 18.3 Å². The van der Waals surface area contributed by atoms with Crippen LogP contribution in [0.4, 0.5) is 0 Å². The molecule has 0 saturated heterocycles. The lowest BCUT2D eigenvalue weighted by Gasteiger charge is -2.20. The first-order chi connectivity index (χ1) is 7.68. The number of nitrogens with zero attached hydrogens (tertiary/aromatic N) is 1. The minimum atomic E-state index is -0.539. The van der Waals surface area contributed by atoms with Gasteiger partial charge in [0.05, 0.1) is 12.7 Å². The van der Waals surface area contributed by atoms with Crippen LogP contribution in [0.2, 0.25) is 0 Å². The van der Waals surface area contributed by atoms with Gasteiger partial charge >= 0.3 is 0 Å². The van der Waals surface area contributed by atoms with Crippen LogP contribution in [0.3, 0.4) is 0 Å². The number of unbranched alkanes of at least 4 members (excludes halogenated alkanes) is 5. The number of nitriles is 1. The maximum Gasteiger partial charge on any atom is 0.127 e. The molecule has 0 amide bonds. The van der Waals surface area contributed by atoms with Crippen LogP contribution in [0, 0.1) is 11.3 Å². The summed E-state index contributed by atoms with van der Waals surface area (Å²) >= 11 is 0. The minimum Gasteiger partial charge on any atom is -0.378 e. The van der Waals surface area contributed by atoms with Gasteiger partial charge in [-0.2, -0.15) is 5.26 Å². The van der Waals surface area contributed by atoms with E-state index in [1.54, 1.807) is 7.05 Å². The van der Waals surface area contributed by atoms with Crippen molar-refractivity contribution in [1.29, 1.82) is 5.26 Å². The Bertz CT molecular complexity index is 201. The summed E-state index contributed by atoms with van der Waals surface area (Å²) in [5.41, 5.74) is -0.539. The van der Waals surface area contributed by atoms with E-state index in [0.717, 1.165) is 13.0 Å². The summed E-state index contributed by atoms with van der Waals surface area (Å²) in [5.74, 6) is 0. The Labute approximate surface area is 100 Å². The van der Waals surface area contributed by atoms with E-state index >= 15 is 0 Å². The average molecular weight is 226 g/mol. The second kappa shape index (κ2) is 9.62. The van der Waals surface area contributed by atoms with Gasteiger partial charge < -0.3 is 10.1 Å². The normalized spacial score (nSPS) is 14.4. The summed E-state index contributed by atoms with van der Waals surface area (Å²) in [4.78, 5) is 0. The lowest BCUT2D eigenvalue weighted by Crippen LogP contribution is -2.42. The van der Waals surface area contributed by atoms with E-state index in [-0.39, 0.29) is 0 Å². The van der Waals surface area contributed by atoms with Crippen molar-refractivity contribution in [2.75, 3.05) is 20.3 Å². The third kappa shape index (κ3) is 7.67. The molecule has 1 unspecified atom stereocenters. The summed E-state index contributed by atoms with van der Waals surface area (Å²) in [6.45, 7) is 5.32. The molecule has 0 heterocycles. The Morgan fingerprint density at radius 1 is 1.19 bits per heavy atom. The molecule has 0 aromatic heterocycles. The zero-order valence-electron chi connectivity index (χ0n) is 11.0. The Kier molecular flexibility index (Phi) is 9.27. The van der Waals surface area contributed by atoms with Gasteiger partial charge in [0.2, 0.25) is 0 Å². The molecule has 1 atom stereocenters. The Morgan fingerprint density at radius 2 is 1.81 bits per heavy atom. The van der Waals surface area contributed by atoms with Gasteiger partial charge in [0.1, 0.15) is 5.54 Å². The van der Waals surface area contributed by atoms with Gasteiger partial charge in [0.15, 0.2) is 0 Å². The van der Waals surface area contributed by atoms with Crippen molar-refractivity contribution in [3.05, 3.63) is 0 Å². The molecule has 0 aromatic carbocycles. The van der Waals surface area contributed by atoms with Crippen molar-refractivity contribution in [1.82, 2.24) is 5.32 Å². The van der Waals surface area contributed by atoms with E-state index in [4.69, 9.17) is 10.00 Å². The van der Waals surface area contributed by atoms with Crippen molar-refractivity contribution in [2.24, 2.45) is 0 Å². The topological polar surface area (TPSA) is 45.0 Å². The first-order valence-electron chi connectivity index (χ1n) is 6.36. The largest absolute Gasteiger partial charge is 0.378 e. The van der Waals surface area contributed by atoms with Crippen molar-refractivity contribution in [3.8, 4) is 6.07 Å². The van der Waals surface area contributed by atoms with Gasteiger partial charge in [0, 0.05) is 6.61 Å². The molecule has 0 spiro atoms. The van der Waals surface area contributed by atoms with Crippen LogP contribution >= 0.6 is 0 Å². The van der Waals surface area contributed by atoms with Crippen molar-refractivity contribution in [2.45, 2.75) is 57.9 Å². The minimum absolute atomic E-state index is 0.467. The molecule has 16 heavy (non-hydrogen) atoms. The van der Waals surface area contributed by atoms with Gasteiger partial charge in [-0.25, -0.2) is 0 Å². The van der Waals surface area contributed by atoms with Crippen LogP contribution in [-0.4, -0.2) is 25.8 Å². The summed E-state index contributed by atoms with van der Waals surface area (Å²) in [6.07, 6.45) is 7.62. The van der Waals surface area contributed by atoms with Gasteiger partial charge in [-0.3, -0.25) is 0 Å². The van der Waals surface area contributed by atoms with Gasteiger partial charge in [-0.15, -0.1) is 0 Å². The average Bonchev–Trinajstić information content (AvgIpc) is 2.32. The smallest absolute Gasteiger partial charge is 0.127 e. The predicted octanol–water partition coefficient (Wildman–Crippen LogP) is 2.87. The molecular formula is C13H26N2O. The van der Waals surface area contributed by atoms with Crippen molar-refractivity contribution >= 4 is 0 Å². The lowest BCUT2D eigenvalue weighted by atomic mass is 10.1. The fraction of sp³-hybridized carbons (Fsp3) is 0.923. The third-order valence-corrected chi connectivity index (χ3v) is 2.83. The molecule has 0 aromatic rings. The summed E-state index contributed by atoms with van der Waals surface area (Å²) in [7, 11) is 1.79. The van der Waals surface area contributed by atoms with Crippen molar-refractivity contribution in [3.63, 3.8) is 0 Å². The standard InChI is InChI=1S/C13H26N2O/c1-4-5-6-7-8-9-10-16-12-13(2,11-14)15-3/h15H,4-10,12H2,1-3H3. The number of likely N-dealkylation sites (N-methyl/N-ethyl adjacent to an activating group) is 1. The van der Waals surface area contributed by atoms with E-state index in [9.17, 15) is 0 Å². The summed E-state index contributed by atoms with van der Waals surface area (Å²) in [5, 5.41) is 11.9. The molecule has 0 fully saturated rings. The van der Waals surface area contributed by atoms with Crippen LogP contribution < -0.4 is 5.32 Å². The number of hydrogen-bond donors (Lipinski definition) is 1. The van der Waals surface area contributed by atoms with Crippen LogP contribution in [0.5, 0.6) is 0 Å². The second-order valence-corrected chi connectivity index (χ2v) is 4.51. The third-order valence-electron chi connectivity index (χ3n) is 2.83. The lowest BCUT2D eigenvalue weighted by molar-refractivity contribution is 0.0949. The quantitative estimate of drug-likeness (QED) is 0.583. The molecule has 0 saturated carbocycles. The molecular weight excluding hydrogens is 200 g/mol. The SMILES string of the molecule is CCCCCCCCOCC(C)(C#N)NC. The Balaban J connectivity index is 3.30. The monoisotopic (exact) mass is 226 g/mol. The molecule has 94 valence electrons. The molecule has 3 nitrogen and oxygen atoms in total. The van der Waals surface area contributed by atoms with E-state index in [1.807, 2.05) is 6.92 Å². The first kappa shape index (κ1) is 15.4. The highest BCUT2D eigenvalue weighted by atomic mass is 16.5. The summed E-state index contributed by atoms with van der Waals surface area (Å²) in [6, 6.07) is 2.21. The van der Waals surface area contributed by atoms with E-state index in [1.165, 1.54) is 32.1 Å².